The molecule has 4 aromatic rings. The number of hydrazone groups is 1. The van der Waals surface area contributed by atoms with Crippen LogP contribution in [0.2, 0.25) is 0 Å². The van der Waals surface area contributed by atoms with Gasteiger partial charge < -0.3 is 19.9 Å². The maximum Gasteiger partial charge on any atom is 0.250 e. The van der Waals surface area contributed by atoms with Crippen molar-refractivity contribution in [2.75, 3.05) is 41.9 Å². The second-order valence-corrected chi connectivity index (χ2v) is 7.59. The maximum absolute atomic E-state index is 13.3. The van der Waals surface area contributed by atoms with Crippen LogP contribution in [0.4, 0.5) is 27.9 Å². The van der Waals surface area contributed by atoms with Crippen LogP contribution in [-0.2, 0) is 4.74 Å². The molecule has 0 aliphatic carbocycles. The van der Waals surface area contributed by atoms with Crippen molar-refractivity contribution in [2.24, 2.45) is 5.10 Å². The number of nitrogens with one attached hydrogen (secondary N) is 3. The van der Waals surface area contributed by atoms with Gasteiger partial charge in [-0.15, -0.1) is 0 Å². The van der Waals surface area contributed by atoms with E-state index < -0.39 is 0 Å². The first-order valence-corrected chi connectivity index (χ1v) is 10.6. The highest BCUT2D eigenvalue weighted by atomic mass is 19.1. The molecule has 0 bridgehead atoms. The van der Waals surface area contributed by atoms with Crippen LogP contribution in [0.15, 0.2) is 53.6 Å². The molecule has 0 saturated carbocycles. The van der Waals surface area contributed by atoms with Crippen molar-refractivity contribution in [1.29, 1.82) is 0 Å². The number of halogens is 1. The summed E-state index contributed by atoms with van der Waals surface area (Å²) in [7, 11) is 0. The van der Waals surface area contributed by atoms with E-state index in [-0.39, 0.29) is 5.82 Å². The van der Waals surface area contributed by atoms with Gasteiger partial charge in [0.25, 0.3) is 0 Å². The van der Waals surface area contributed by atoms with Crippen LogP contribution in [-0.4, -0.2) is 52.5 Å². The molecule has 10 heteroatoms. The Balaban J connectivity index is 1.41. The number of anilines is 4. The predicted molar refractivity (Wildman–Crippen MR) is 127 cm³/mol. The van der Waals surface area contributed by atoms with Crippen molar-refractivity contribution >= 4 is 40.6 Å². The Hall–Kier alpha value is -4.05. The summed E-state index contributed by atoms with van der Waals surface area (Å²) in [5.74, 6) is 0.831. The smallest absolute Gasteiger partial charge is 0.250 e. The van der Waals surface area contributed by atoms with Gasteiger partial charge in [-0.1, -0.05) is 18.2 Å². The zero-order valence-electron chi connectivity index (χ0n) is 18.0. The van der Waals surface area contributed by atoms with Crippen LogP contribution >= 0.6 is 0 Å². The summed E-state index contributed by atoms with van der Waals surface area (Å²) < 4.78 is 18.7. The van der Waals surface area contributed by atoms with Gasteiger partial charge >= 0.3 is 0 Å². The highest BCUT2D eigenvalue weighted by Crippen LogP contribution is 2.21. The van der Waals surface area contributed by atoms with Crippen LogP contribution in [0.3, 0.4) is 0 Å². The van der Waals surface area contributed by atoms with Crippen molar-refractivity contribution in [3.05, 3.63) is 65.6 Å². The van der Waals surface area contributed by atoms with E-state index >= 15 is 0 Å². The molecule has 33 heavy (non-hydrogen) atoms. The number of aryl methyl sites for hydroxylation is 1. The molecule has 2 aromatic carbocycles. The molecule has 1 aliphatic heterocycles. The Kier molecular flexibility index (Phi) is 5.81. The zero-order chi connectivity index (χ0) is 22.6. The lowest BCUT2D eigenvalue weighted by Gasteiger charge is -2.27. The molecule has 0 unspecified atom stereocenters. The molecule has 3 N–H and O–H groups in total. The van der Waals surface area contributed by atoms with Crippen molar-refractivity contribution in [2.45, 2.75) is 6.92 Å². The lowest BCUT2D eigenvalue weighted by molar-refractivity contribution is 0.122. The zero-order valence-corrected chi connectivity index (χ0v) is 18.0. The Morgan fingerprint density at radius 3 is 2.61 bits per heavy atom. The number of ether oxygens (including phenoxy) is 1. The summed E-state index contributed by atoms with van der Waals surface area (Å²) in [4.78, 5) is 18.9. The van der Waals surface area contributed by atoms with E-state index in [1.165, 1.54) is 12.1 Å². The van der Waals surface area contributed by atoms with Gasteiger partial charge in [-0.2, -0.15) is 20.1 Å². The van der Waals surface area contributed by atoms with Crippen molar-refractivity contribution in [3.8, 4) is 0 Å². The van der Waals surface area contributed by atoms with Crippen molar-refractivity contribution in [1.82, 2.24) is 19.9 Å². The monoisotopic (exact) mass is 446 g/mol. The SMILES string of the molecule is Cc1[nH]c2ccccc2c1/C=N/Nc1nc(Nc2ccc(F)cc2)nc(N2CCOCC2)n1. The molecule has 0 atom stereocenters. The molecule has 1 aliphatic rings. The number of rotatable bonds is 6. The standard InChI is InChI=1S/C23H23FN8O/c1-15-19(18-4-2-3-5-20(18)26-15)14-25-31-22-28-21(27-17-8-6-16(24)7-9-17)29-23(30-22)32-10-12-33-13-11-32/h2-9,14,26H,10-13H2,1H3,(H2,27,28,29,30,31)/b25-14+. The number of para-hydroxylation sites is 1. The summed E-state index contributed by atoms with van der Waals surface area (Å²) in [5, 5.41) is 8.56. The molecule has 1 fully saturated rings. The maximum atomic E-state index is 13.3. The van der Waals surface area contributed by atoms with Gasteiger partial charge in [0.05, 0.1) is 19.4 Å². The fourth-order valence-corrected chi connectivity index (χ4v) is 3.66. The number of hydrogen-bond acceptors (Lipinski definition) is 8. The predicted octanol–water partition coefficient (Wildman–Crippen LogP) is 3.83. The van der Waals surface area contributed by atoms with Crippen molar-refractivity contribution in [3.63, 3.8) is 0 Å². The third-order valence-electron chi connectivity index (χ3n) is 5.32. The van der Waals surface area contributed by atoms with Crippen LogP contribution in [0.1, 0.15) is 11.3 Å². The summed E-state index contributed by atoms with van der Waals surface area (Å²) in [6, 6.07) is 14.1. The minimum absolute atomic E-state index is 0.296. The molecule has 2 aromatic heterocycles. The quantitative estimate of drug-likeness (QED) is 0.306. The van der Waals surface area contributed by atoms with E-state index in [1.54, 1.807) is 18.3 Å². The van der Waals surface area contributed by atoms with Gasteiger partial charge in [0.15, 0.2) is 0 Å². The Morgan fingerprint density at radius 1 is 1.03 bits per heavy atom. The Morgan fingerprint density at radius 2 is 1.79 bits per heavy atom. The number of morpholine rings is 1. The largest absolute Gasteiger partial charge is 0.378 e. The van der Waals surface area contributed by atoms with Gasteiger partial charge in [-0.05, 0) is 37.3 Å². The van der Waals surface area contributed by atoms with Gasteiger partial charge in [0.2, 0.25) is 17.8 Å². The van der Waals surface area contributed by atoms with E-state index in [1.807, 2.05) is 36.1 Å². The molecule has 0 radical (unpaired) electrons. The van der Waals surface area contributed by atoms with Gasteiger partial charge in [-0.25, -0.2) is 9.82 Å². The van der Waals surface area contributed by atoms with Crippen LogP contribution in [0, 0.1) is 12.7 Å². The van der Waals surface area contributed by atoms with E-state index in [2.05, 4.69) is 35.8 Å². The average molecular weight is 446 g/mol. The molecule has 168 valence electrons. The minimum atomic E-state index is -0.311. The second-order valence-electron chi connectivity index (χ2n) is 7.59. The first-order chi connectivity index (χ1) is 16.2. The second kappa shape index (κ2) is 9.21. The van der Waals surface area contributed by atoms with E-state index in [9.17, 15) is 4.39 Å². The van der Waals surface area contributed by atoms with Crippen molar-refractivity contribution < 1.29 is 9.13 Å². The topological polar surface area (TPSA) is 103 Å². The molecule has 9 nitrogen and oxygen atoms in total. The Bertz CT molecular complexity index is 1280. The third kappa shape index (κ3) is 4.75. The molecular formula is C23H23FN8O. The van der Waals surface area contributed by atoms with E-state index in [0.29, 0.717) is 49.8 Å². The van der Waals surface area contributed by atoms with Crippen LogP contribution in [0.25, 0.3) is 10.9 Å². The first-order valence-electron chi connectivity index (χ1n) is 10.6. The fraction of sp³-hybridized carbons (Fsp3) is 0.217. The summed E-state index contributed by atoms with van der Waals surface area (Å²) in [6.07, 6.45) is 1.75. The Labute approximate surface area is 189 Å². The van der Waals surface area contributed by atoms with Crippen LogP contribution in [0.5, 0.6) is 0 Å². The van der Waals surface area contributed by atoms with Gasteiger partial charge in [0, 0.05) is 40.9 Å². The third-order valence-corrected chi connectivity index (χ3v) is 5.32. The fourth-order valence-electron chi connectivity index (χ4n) is 3.66. The highest BCUT2D eigenvalue weighted by molar-refractivity contribution is 6.00. The summed E-state index contributed by atoms with van der Waals surface area (Å²) >= 11 is 0. The van der Waals surface area contributed by atoms with Gasteiger partial charge in [-0.3, -0.25) is 0 Å². The number of H-pyrrole nitrogens is 1. The average Bonchev–Trinajstić information content (AvgIpc) is 3.16. The highest BCUT2D eigenvalue weighted by Gasteiger charge is 2.17. The molecule has 1 saturated heterocycles. The number of fused-ring (bicyclic) bond motifs is 1. The molecule has 0 amide bonds. The summed E-state index contributed by atoms with van der Waals surface area (Å²) in [5.41, 5.74) is 6.65. The van der Waals surface area contributed by atoms with E-state index in [0.717, 1.165) is 22.2 Å². The molecule has 0 spiro atoms. The number of aromatic amines is 1. The van der Waals surface area contributed by atoms with Gasteiger partial charge in [0.1, 0.15) is 5.82 Å². The minimum Gasteiger partial charge on any atom is -0.378 e. The lowest BCUT2D eigenvalue weighted by Crippen LogP contribution is -2.37. The molecule has 3 heterocycles. The number of aromatic nitrogens is 4. The number of benzene rings is 2. The van der Waals surface area contributed by atoms with E-state index in [4.69, 9.17) is 4.74 Å². The summed E-state index contributed by atoms with van der Waals surface area (Å²) in [6.45, 7) is 4.57. The normalized spacial score (nSPS) is 14.2. The molecule has 5 rings (SSSR count). The number of nitrogens with zero attached hydrogens (tertiary/aromatic N) is 5. The lowest BCUT2D eigenvalue weighted by atomic mass is 10.1. The first kappa shape index (κ1) is 20.8. The van der Waals surface area contributed by atoms with Crippen LogP contribution < -0.4 is 15.6 Å². The molecular weight excluding hydrogens is 423 g/mol. The number of hydrogen-bond donors (Lipinski definition) is 3.